The number of halogens is 3. The van der Waals surface area contributed by atoms with Crippen molar-refractivity contribution in [3.63, 3.8) is 0 Å². The highest BCUT2D eigenvalue weighted by Gasteiger charge is 2.12. The molecule has 0 saturated heterocycles. The fraction of sp³-hybridized carbons (Fsp3) is 0.250. The van der Waals surface area contributed by atoms with Crippen molar-refractivity contribution < 1.29 is 4.39 Å². The summed E-state index contributed by atoms with van der Waals surface area (Å²) < 4.78 is 13.8. The molecule has 2 aromatic carbocycles. The van der Waals surface area contributed by atoms with E-state index in [-0.39, 0.29) is 11.9 Å². The van der Waals surface area contributed by atoms with Crippen LogP contribution in [-0.2, 0) is 6.42 Å². The summed E-state index contributed by atoms with van der Waals surface area (Å²) in [7, 11) is 1.88. The van der Waals surface area contributed by atoms with Gasteiger partial charge in [-0.3, -0.25) is 0 Å². The van der Waals surface area contributed by atoms with E-state index in [4.69, 9.17) is 23.2 Å². The molecule has 2 aromatic rings. The van der Waals surface area contributed by atoms with Crippen molar-refractivity contribution in [1.29, 1.82) is 0 Å². The SMILES string of the molecule is CNC(CSc1cccc(Cl)c1)Cc1cc(Cl)ccc1F. The zero-order chi connectivity index (χ0) is 15.2. The molecular formula is C16H16Cl2FNS. The van der Waals surface area contributed by atoms with Gasteiger partial charge in [-0.05, 0) is 55.4 Å². The maximum absolute atomic E-state index is 13.8. The van der Waals surface area contributed by atoms with Gasteiger partial charge in [0, 0.05) is 26.7 Å². The maximum atomic E-state index is 13.8. The Labute approximate surface area is 138 Å². The van der Waals surface area contributed by atoms with E-state index in [0.717, 1.165) is 15.7 Å². The summed E-state index contributed by atoms with van der Waals surface area (Å²) in [5, 5.41) is 4.50. The number of hydrogen-bond donors (Lipinski definition) is 1. The monoisotopic (exact) mass is 343 g/mol. The molecule has 1 atom stereocenters. The molecule has 0 amide bonds. The minimum atomic E-state index is -0.215. The Bertz CT molecular complexity index is 607. The van der Waals surface area contributed by atoms with Gasteiger partial charge in [0.2, 0.25) is 0 Å². The first-order valence-corrected chi connectivity index (χ1v) is 8.32. The van der Waals surface area contributed by atoms with Crippen molar-refractivity contribution in [3.8, 4) is 0 Å². The average Bonchev–Trinajstić information content (AvgIpc) is 2.47. The highest BCUT2D eigenvalue weighted by atomic mass is 35.5. The Morgan fingerprint density at radius 2 is 1.90 bits per heavy atom. The Balaban J connectivity index is 1.98. The second kappa shape index (κ2) is 8.04. The minimum Gasteiger partial charge on any atom is -0.316 e. The van der Waals surface area contributed by atoms with Gasteiger partial charge >= 0.3 is 0 Å². The standard InChI is InChI=1S/C16H16Cl2FNS/c1-20-14(8-11-7-13(18)5-6-16(11)19)10-21-15-4-2-3-12(17)9-15/h2-7,9,14,20H,8,10H2,1H3. The average molecular weight is 344 g/mol. The Morgan fingerprint density at radius 3 is 2.62 bits per heavy atom. The van der Waals surface area contributed by atoms with Crippen LogP contribution in [0, 0.1) is 5.82 Å². The van der Waals surface area contributed by atoms with Gasteiger partial charge in [-0.2, -0.15) is 0 Å². The van der Waals surface area contributed by atoms with Crippen molar-refractivity contribution in [2.45, 2.75) is 17.4 Å². The number of nitrogens with one attached hydrogen (secondary N) is 1. The van der Waals surface area contributed by atoms with Crippen molar-refractivity contribution >= 4 is 35.0 Å². The van der Waals surface area contributed by atoms with Gasteiger partial charge in [-0.15, -0.1) is 11.8 Å². The molecule has 1 nitrogen and oxygen atoms in total. The molecule has 0 radical (unpaired) electrons. The lowest BCUT2D eigenvalue weighted by Crippen LogP contribution is -2.30. The highest BCUT2D eigenvalue weighted by Crippen LogP contribution is 2.24. The quantitative estimate of drug-likeness (QED) is 0.736. The van der Waals surface area contributed by atoms with Crippen molar-refractivity contribution in [1.82, 2.24) is 5.32 Å². The molecular weight excluding hydrogens is 328 g/mol. The van der Waals surface area contributed by atoms with Crippen molar-refractivity contribution in [3.05, 3.63) is 63.9 Å². The fourth-order valence-electron chi connectivity index (χ4n) is 1.96. The number of thioether (sulfide) groups is 1. The van der Waals surface area contributed by atoms with Crippen LogP contribution in [0.25, 0.3) is 0 Å². The van der Waals surface area contributed by atoms with Crippen LogP contribution in [-0.4, -0.2) is 18.8 Å². The minimum absolute atomic E-state index is 0.155. The Morgan fingerprint density at radius 1 is 1.14 bits per heavy atom. The first kappa shape index (κ1) is 16.6. The third kappa shape index (κ3) is 5.19. The van der Waals surface area contributed by atoms with E-state index < -0.39 is 0 Å². The molecule has 0 saturated carbocycles. The first-order valence-electron chi connectivity index (χ1n) is 6.58. The van der Waals surface area contributed by atoms with Crippen LogP contribution in [0.4, 0.5) is 4.39 Å². The third-order valence-electron chi connectivity index (χ3n) is 3.13. The van der Waals surface area contributed by atoms with E-state index in [1.54, 1.807) is 23.9 Å². The second-order valence-electron chi connectivity index (χ2n) is 4.69. The van der Waals surface area contributed by atoms with Gasteiger partial charge in [-0.1, -0.05) is 29.3 Å². The van der Waals surface area contributed by atoms with Crippen molar-refractivity contribution in [2.75, 3.05) is 12.8 Å². The zero-order valence-electron chi connectivity index (χ0n) is 11.6. The van der Waals surface area contributed by atoms with Crippen LogP contribution >= 0.6 is 35.0 Å². The van der Waals surface area contributed by atoms with E-state index in [1.165, 1.54) is 6.07 Å². The molecule has 0 aliphatic rings. The molecule has 0 bridgehead atoms. The lowest BCUT2D eigenvalue weighted by Gasteiger charge is -2.16. The summed E-state index contributed by atoms with van der Waals surface area (Å²) in [6.07, 6.45) is 0.594. The van der Waals surface area contributed by atoms with E-state index in [0.29, 0.717) is 17.0 Å². The maximum Gasteiger partial charge on any atom is 0.126 e. The van der Waals surface area contributed by atoms with Crippen LogP contribution in [0.2, 0.25) is 10.0 Å². The first-order chi connectivity index (χ1) is 10.1. The molecule has 21 heavy (non-hydrogen) atoms. The van der Waals surface area contributed by atoms with Crippen molar-refractivity contribution in [2.24, 2.45) is 0 Å². The molecule has 0 aromatic heterocycles. The normalized spacial score (nSPS) is 12.4. The molecule has 0 heterocycles. The molecule has 1 N–H and O–H groups in total. The number of benzene rings is 2. The van der Waals surface area contributed by atoms with Gasteiger partial charge in [0.25, 0.3) is 0 Å². The van der Waals surface area contributed by atoms with E-state index in [2.05, 4.69) is 5.32 Å². The molecule has 112 valence electrons. The van der Waals surface area contributed by atoms with Crippen LogP contribution in [0.15, 0.2) is 47.4 Å². The molecule has 0 spiro atoms. The Kier molecular flexibility index (Phi) is 6.37. The van der Waals surface area contributed by atoms with E-state index in [1.807, 2.05) is 31.3 Å². The number of hydrogen-bond acceptors (Lipinski definition) is 2. The summed E-state index contributed by atoms with van der Waals surface area (Å²) in [6.45, 7) is 0. The molecule has 5 heteroatoms. The van der Waals surface area contributed by atoms with Gasteiger partial charge in [0.05, 0.1) is 0 Å². The van der Waals surface area contributed by atoms with Gasteiger partial charge in [-0.25, -0.2) is 4.39 Å². The number of likely N-dealkylation sites (N-methyl/N-ethyl adjacent to an activating group) is 1. The van der Waals surface area contributed by atoms with Gasteiger partial charge in [0.1, 0.15) is 5.82 Å². The lowest BCUT2D eigenvalue weighted by molar-refractivity contribution is 0.568. The Hall–Kier alpha value is -0.740. The van der Waals surface area contributed by atoms with Crippen LogP contribution in [0.5, 0.6) is 0 Å². The van der Waals surface area contributed by atoms with Crippen LogP contribution in [0.3, 0.4) is 0 Å². The molecule has 0 aliphatic carbocycles. The van der Waals surface area contributed by atoms with E-state index >= 15 is 0 Å². The molecule has 2 rings (SSSR count). The summed E-state index contributed by atoms with van der Waals surface area (Å²) in [6, 6.07) is 12.5. The fourth-order valence-corrected chi connectivity index (χ4v) is 3.48. The third-order valence-corrected chi connectivity index (χ3v) is 4.76. The topological polar surface area (TPSA) is 12.0 Å². The number of rotatable bonds is 6. The van der Waals surface area contributed by atoms with Crippen LogP contribution in [0.1, 0.15) is 5.56 Å². The summed E-state index contributed by atoms with van der Waals surface area (Å²) >= 11 is 13.6. The van der Waals surface area contributed by atoms with E-state index in [9.17, 15) is 4.39 Å². The summed E-state index contributed by atoms with van der Waals surface area (Å²) in [5.41, 5.74) is 0.633. The van der Waals surface area contributed by atoms with Gasteiger partial charge in [0.15, 0.2) is 0 Å². The summed E-state index contributed by atoms with van der Waals surface area (Å²) in [4.78, 5) is 1.11. The highest BCUT2D eigenvalue weighted by molar-refractivity contribution is 7.99. The van der Waals surface area contributed by atoms with Gasteiger partial charge < -0.3 is 5.32 Å². The lowest BCUT2D eigenvalue weighted by atomic mass is 10.1. The molecule has 0 fully saturated rings. The predicted octanol–water partition coefficient (Wildman–Crippen LogP) is 5.06. The van der Waals surface area contributed by atoms with Crippen LogP contribution < -0.4 is 5.32 Å². The summed E-state index contributed by atoms with van der Waals surface area (Å²) in [5.74, 6) is 0.607. The molecule has 0 aliphatic heterocycles. The zero-order valence-corrected chi connectivity index (χ0v) is 13.9. The molecule has 1 unspecified atom stereocenters. The second-order valence-corrected chi connectivity index (χ2v) is 6.66. The largest absolute Gasteiger partial charge is 0.316 e. The predicted molar refractivity (Wildman–Crippen MR) is 90.1 cm³/mol. The smallest absolute Gasteiger partial charge is 0.126 e.